The molecule has 1 unspecified atom stereocenters. The summed E-state index contributed by atoms with van der Waals surface area (Å²) in [6.45, 7) is 5.18. The van der Waals surface area contributed by atoms with Crippen molar-refractivity contribution in [3.63, 3.8) is 0 Å². The van der Waals surface area contributed by atoms with Crippen molar-refractivity contribution in [1.29, 1.82) is 0 Å². The number of hydrogen-bond donors (Lipinski definition) is 1. The molecule has 7 nitrogen and oxygen atoms in total. The number of carbonyl (C=O) groups is 1. The molecule has 2 aromatic rings. The van der Waals surface area contributed by atoms with Crippen LogP contribution in [0.25, 0.3) is 0 Å². The molecule has 8 heteroatoms. The van der Waals surface area contributed by atoms with Crippen molar-refractivity contribution < 1.29 is 9.72 Å². The van der Waals surface area contributed by atoms with Crippen LogP contribution in [0.4, 0.5) is 11.4 Å². The van der Waals surface area contributed by atoms with Crippen LogP contribution in [0.15, 0.2) is 42.5 Å². The predicted molar refractivity (Wildman–Crippen MR) is 110 cm³/mol. The van der Waals surface area contributed by atoms with Gasteiger partial charge in [0, 0.05) is 56.4 Å². The number of anilines is 1. The third-order valence-electron chi connectivity index (χ3n) is 5.22. The van der Waals surface area contributed by atoms with E-state index in [0.29, 0.717) is 5.56 Å². The number of rotatable bonds is 5. The minimum atomic E-state index is -0.487. The summed E-state index contributed by atoms with van der Waals surface area (Å²) in [6.07, 6.45) is 0. The van der Waals surface area contributed by atoms with Crippen molar-refractivity contribution in [1.82, 2.24) is 10.2 Å². The van der Waals surface area contributed by atoms with Crippen molar-refractivity contribution in [3.05, 3.63) is 68.7 Å². The summed E-state index contributed by atoms with van der Waals surface area (Å²) in [5, 5.41) is 14.4. The van der Waals surface area contributed by atoms with Gasteiger partial charge >= 0.3 is 0 Å². The maximum atomic E-state index is 12.3. The van der Waals surface area contributed by atoms with E-state index in [2.05, 4.69) is 22.0 Å². The van der Waals surface area contributed by atoms with Crippen LogP contribution in [0, 0.1) is 10.1 Å². The van der Waals surface area contributed by atoms with E-state index in [1.54, 1.807) is 6.07 Å². The molecule has 0 saturated carbocycles. The summed E-state index contributed by atoms with van der Waals surface area (Å²) in [6, 6.07) is 12.5. The Morgan fingerprint density at radius 2 is 1.86 bits per heavy atom. The molecular formula is C20H23ClN4O3. The standard InChI is InChI=1S/C20H23ClN4O3/c1-14(16-5-3-4-6-18(16)21)23-9-11-24(12-10-23)19-8-7-15(25(27)28)13-17(19)20(26)22-2/h3-8,13-14H,9-12H2,1-2H3,(H,22,26). The fourth-order valence-electron chi connectivity index (χ4n) is 3.59. The second-order valence-corrected chi connectivity index (χ2v) is 7.17. The predicted octanol–water partition coefficient (Wildman–Crippen LogP) is 3.49. The molecule has 0 spiro atoms. The molecule has 1 heterocycles. The van der Waals surface area contributed by atoms with Crippen molar-refractivity contribution >= 4 is 28.9 Å². The minimum Gasteiger partial charge on any atom is -0.368 e. The van der Waals surface area contributed by atoms with Gasteiger partial charge in [0.25, 0.3) is 11.6 Å². The Bertz CT molecular complexity index is 882. The SMILES string of the molecule is CNC(=O)c1cc([N+](=O)[O-])ccc1N1CCN(C(C)c2ccccc2Cl)CC1. The van der Waals surface area contributed by atoms with E-state index in [9.17, 15) is 14.9 Å². The van der Waals surface area contributed by atoms with Gasteiger partial charge in [-0.15, -0.1) is 0 Å². The van der Waals surface area contributed by atoms with Gasteiger partial charge < -0.3 is 10.2 Å². The molecular weight excluding hydrogens is 380 g/mol. The van der Waals surface area contributed by atoms with Crippen LogP contribution in [0.5, 0.6) is 0 Å². The first-order chi connectivity index (χ1) is 13.4. The molecule has 0 aliphatic carbocycles. The molecule has 1 aliphatic heterocycles. The third-order valence-corrected chi connectivity index (χ3v) is 5.56. The number of nitro benzene ring substituents is 1. The van der Waals surface area contributed by atoms with Gasteiger partial charge in [0.1, 0.15) is 0 Å². The second kappa shape index (κ2) is 8.58. The number of hydrogen-bond acceptors (Lipinski definition) is 5. The maximum Gasteiger partial charge on any atom is 0.270 e. The number of benzene rings is 2. The van der Waals surface area contributed by atoms with E-state index in [4.69, 9.17) is 11.6 Å². The molecule has 1 amide bonds. The van der Waals surface area contributed by atoms with E-state index in [1.165, 1.54) is 19.2 Å². The topological polar surface area (TPSA) is 78.7 Å². The van der Waals surface area contributed by atoms with Crippen molar-refractivity contribution in [2.24, 2.45) is 0 Å². The monoisotopic (exact) mass is 402 g/mol. The zero-order chi connectivity index (χ0) is 20.3. The highest BCUT2D eigenvalue weighted by molar-refractivity contribution is 6.31. The molecule has 3 rings (SSSR count). The zero-order valence-corrected chi connectivity index (χ0v) is 16.6. The molecule has 0 bridgehead atoms. The third kappa shape index (κ3) is 4.10. The number of carbonyl (C=O) groups excluding carboxylic acids is 1. The minimum absolute atomic E-state index is 0.0895. The Morgan fingerprint density at radius 1 is 1.18 bits per heavy atom. The van der Waals surface area contributed by atoms with Crippen LogP contribution in [0.3, 0.4) is 0 Å². The largest absolute Gasteiger partial charge is 0.368 e. The summed E-state index contributed by atoms with van der Waals surface area (Å²) in [7, 11) is 1.52. The average molecular weight is 403 g/mol. The van der Waals surface area contributed by atoms with Gasteiger partial charge in [0.05, 0.1) is 16.2 Å². The van der Waals surface area contributed by atoms with E-state index in [-0.39, 0.29) is 17.6 Å². The molecule has 148 valence electrons. The van der Waals surface area contributed by atoms with Gasteiger partial charge in [-0.1, -0.05) is 29.8 Å². The molecule has 2 aromatic carbocycles. The van der Waals surface area contributed by atoms with Gasteiger partial charge in [0.2, 0.25) is 0 Å². The van der Waals surface area contributed by atoms with Gasteiger partial charge in [-0.25, -0.2) is 0 Å². The molecule has 1 fully saturated rings. The van der Waals surface area contributed by atoms with Crippen LogP contribution < -0.4 is 10.2 Å². The Balaban J connectivity index is 1.77. The Hall–Kier alpha value is -2.64. The summed E-state index contributed by atoms with van der Waals surface area (Å²) in [5.41, 5.74) is 2.05. The van der Waals surface area contributed by atoms with Gasteiger partial charge in [0.15, 0.2) is 0 Å². The van der Waals surface area contributed by atoms with Gasteiger partial charge in [-0.2, -0.15) is 0 Å². The van der Waals surface area contributed by atoms with Crippen LogP contribution in [-0.4, -0.2) is 49.0 Å². The van der Waals surface area contributed by atoms with Crippen LogP contribution in [-0.2, 0) is 0 Å². The highest BCUT2D eigenvalue weighted by Gasteiger charge is 2.26. The van der Waals surface area contributed by atoms with Gasteiger partial charge in [-0.3, -0.25) is 19.8 Å². The fraction of sp³-hybridized carbons (Fsp3) is 0.350. The molecule has 1 N–H and O–H groups in total. The Kier molecular flexibility index (Phi) is 6.16. The lowest BCUT2D eigenvalue weighted by Crippen LogP contribution is -2.47. The van der Waals surface area contributed by atoms with Crippen LogP contribution >= 0.6 is 11.6 Å². The van der Waals surface area contributed by atoms with E-state index in [0.717, 1.165) is 42.5 Å². The average Bonchev–Trinajstić information content (AvgIpc) is 2.72. The first-order valence-electron chi connectivity index (χ1n) is 9.16. The summed E-state index contributed by atoms with van der Waals surface area (Å²) >= 11 is 6.34. The van der Waals surface area contributed by atoms with Gasteiger partial charge in [-0.05, 0) is 24.6 Å². The number of halogens is 1. The fourth-order valence-corrected chi connectivity index (χ4v) is 3.88. The first-order valence-corrected chi connectivity index (χ1v) is 9.54. The maximum absolute atomic E-state index is 12.3. The zero-order valence-electron chi connectivity index (χ0n) is 15.9. The van der Waals surface area contributed by atoms with E-state index >= 15 is 0 Å². The normalized spacial score (nSPS) is 15.9. The molecule has 0 aromatic heterocycles. The van der Waals surface area contributed by atoms with Crippen molar-refractivity contribution in [2.75, 3.05) is 38.1 Å². The lowest BCUT2D eigenvalue weighted by atomic mass is 10.0. The Labute approximate surface area is 169 Å². The molecule has 1 aliphatic rings. The summed E-state index contributed by atoms with van der Waals surface area (Å²) in [5.74, 6) is -0.328. The highest BCUT2D eigenvalue weighted by atomic mass is 35.5. The number of nitrogens with one attached hydrogen (secondary N) is 1. The van der Waals surface area contributed by atoms with Crippen molar-refractivity contribution in [2.45, 2.75) is 13.0 Å². The molecule has 1 atom stereocenters. The summed E-state index contributed by atoms with van der Waals surface area (Å²) < 4.78 is 0. The quantitative estimate of drug-likeness (QED) is 0.611. The second-order valence-electron chi connectivity index (χ2n) is 6.76. The number of piperazine rings is 1. The van der Waals surface area contributed by atoms with Crippen molar-refractivity contribution in [3.8, 4) is 0 Å². The van der Waals surface area contributed by atoms with Crippen LogP contribution in [0.1, 0.15) is 28.9 Å². The lowest BCUT2D eigenvalue weighted by molar-refractivity contribution is -0.384. The summed E-state index contributed by atoms with van der Waals surface area (Å²) in [4.78, 5) is 27.3. The smallest absolute Gasteiger partial charge is 0.270 e. The number of amides is 1. The lowest BCUT2D eigenvalue weighted by Gasteiger charge is -2.40. The first kappa shape index (κ1) is 20.1. The number of nitrogens with zero attached hydrogens (tertiary/aromatic N) is 3. The highest BCUT2D eigenvalue weighted by Crippen LogP contribution is 2.30. The number of nitro groups is 1. The molecule has 0 radical (unpaired) electrons. The molecule has 1 saturated heterocycles. The van der Waals surface area contributed by atoms with E-state index < -0.39 is 4.92 Å². The molecule has 28 heavy (non-hydrogen) atoms. The number of non-ortho nitro benzene ring substituents is 1. The Morgan fingerprint density at radius 3 is 2.46 bits per heavy atom. The van der Waals surface area contributed by atoms with E-state index in [1.807, 2.05) is 24.3 Å². The van der Waals surface area contributed by atoms with Crippen LogP contribution in [0.2, 0.25) is 5.02 Å².